The number of hydrogen-bond donors (Lipinski definition) is 1. The van der Waals surface area contributed by atoms with Crippen molar-refractivity contribution in [3.63, 3.8) is 0 Å². The Hall–Kier alpha value is -0.890. The molecule has 1 N–H and O–H groups in total. The van der Waals surface area contributed by atoms with Crippen molar-refractivity contribution in [2.24, 2.45) is 5.92 Å². The van der Waals surface area contributed by atoms with Crippen molar-refractivity contribution in [3.8, 4) is 0 Å². The van der Waals surface area contributed by atoms with Crippen LogP contribution in [0.5, 0.6) is 0 Å². The van der Waals surface area contributed by atoms with Gasteiger partial charge in [-0.15, -0.1) is 0 Å². The molecule has 0 amide bonds. The van der Waals surface area contributed by atoms with Crippen molar-refractivity contribution < 1.29 is 4.39 Å². The molecule has 1 aliphatic heterocycles. The molecule has 1 nitrogen and oxygen atoms in total. The molecule has 0 saturated carbocycles. The molecule has 0 radical (unpaired) electrons. The van der Waals surface area contributed by atoms with Crippen molar-refractivity contribution in [2.75, 3.05) is 13.1 Å². The van der Waals surface area contributed by atoms with Gasteiger partial charge in [0.2, 0.25) is 0 Å². The molecular weight excluding hydrogens is 189 g/mol. The highest BCUT2D eigenvalue weighted by Crippen LogP contribution is 2.26. The normalized spacial score (nSPS) is 22.9. The zero-order valence-electron chi connectivity index (χ0n) is 9.17. The largest absolute Gasteiger partial charge is 0.316 e. The lowest BCUT2D eigenvalue weighted by Gasteiger charge is -2.16. The number of halogens is 1. The Bertz CT molecular complexity index is 301. The van der Waals surface area contributed by atoms with Gasteiger partial charge in [-0.05, 0) is 55.5 Å². The summed E-state index contributed by atoms with van der Waals surface area (Å²) < 4.78 is 12.7. The van der Waals surface area contributed by atoms with Crippen LogP contribution in [-0.4, -0.2) is 13.1 Å². The van der Waals surface area contributed by atoms with E-state index in [4.69, 9.17) is 0 Å². The average molecular weight is 207 g/mol. The highest BCUT2D eigenvalue weighted by molar-refractivity contribution is 5.19. The van der Waals surface area contributed by atoms with E-state index in [-0.39, 0.29) is 5.82 Å². The zero-order chi connectivity index (χ0) is 10.7. The van der Waals surface area contributed by atoms with Gasteiger partial charge >= 0.3 is 0 Å². The van der Waals surface area contributed by atoms with Gasteiger partial charge in [-0.2, -0.15) is 0 Å². The van der Waals surface area contributed by atoms with E-state index >= 15 is 0 Å². The lowest BCUT2D eigenvalue weighted by molar-refractivity contribution is 0.483. The predicted molar refractivity (Wildman–Crippen MR) is 60.4 cm³/mol. The van der Waals surface area contributed by atoms with Crippen molar-refractivity contribution in [1.29, 1.82) is 0 Å². The van der Waals surface area contributed by atoms with Crippen LogP contribution >= 0.6 is 0 Å². The Balaban J connectivity index is 1.94. The number of rotatable bonds is 3. The molecule has 1 aliphatic rings. The Morgan fingerprint density at radius 1 is 1.40 bits per heavy atom. The molecule has 0 aromatic heterocycles. The first kappa shape index (κ1) is 10.6. The summed E-state index contributed by atoms with van der Waals surface area (Å²) in [6.45, 7) is 4.53. The summed E-state index contributed by atoms with van der Waals surface area (Å²) in [5.74, 6) is 1.19. The van der Waals surface area contributed by atoms with E-state index in [1.54, 1.807) is 12.1 Å². The average Bonchev–Trinajstić information content (AvgIpc) is 2.71. The molecule has 82 valence electrons. The summed E-state index contributed by atoms with van der Waals surface area (Å²) in [4.78, 5) is 0. The number of hydrogen-bond acceptors (Lipinski definition) is 1. The van der Waals surface area contributed by atoms with Crippen LogP contribution in [0.4, 0.5) is 4.39 Å². The van der Waals surface area contributed by atoms with Gasteiger partial charge in [-0.25, -0.2) is 4.39 Å². The second kappa shape index (κ2) is 4.75. The summed E-state index contributed by atoms with van der Waals surface area (Å²) in [7, 11) is 0. The first-order chi connectivity index (χ1) is 7.25. The van der Waals surface area contributed by atoms with Gasteiger partial charge in [0.05, 0.1) is 0 Å². The molecule has 2 unspecified atom stereocenters. The van der Waals surface area contributed by atoms with Gasteiger partial charge in [0.15, 0.2) is 0 Å². The first-order valence-electron chi connectivity index (χ1n) is 5.72. The smallest absolute Gasteiger partial charge is 0.123 e. The van der Waals surface area contributed by atoms with Crippen LogP contribution in [-0.2, 0) is 0 Å². The molecule has 1 heterocycles. The van der Waals surface area contributed by atoms with E-state index in [0.29, 0.717) is 5.92 Å². The SMILES string of the molecule is CC(CC1CCNC1)c1ccc(F)cc1. The first-order valence-corrected chi connectivity index (χ1v) is 5.72. The molecular formula is C13H18FN. The maximum atomic E-state index is 12.7. The number of nitrogens with one attached hydrogen (secondary N) is 1. The molecule has 15 heavy (non-hydrogen) atoms. The predicted octanol–water partition coefficient (Wildman–Crippen LogP) is 2.93. The van der Waals surface area contributed by atoms with Gasteiger partial charge < -0.3 is 5.32 Å². The van der Waals surface area contributed by atoms with Crippen molar-refractivity contribution in [1.82, 2.24) is 5.32 Å². The minimum absolute atomic E-state index is 0.145. The fourth-order valence-corrected chi connectivity index (χ4v) is 2.34. The summed E-state index contributed by atoms with van der Waals surface area (Å²) in [6.07, 6.45) is 2.49. The zero-order valence-corrected chi connectivity index (χ0v) is 9.17. The number of benzene rings is 1. The lowest BCUT2D eigenvalue weighted by Crippen LogP contribution is -2.11. The maximum absolute atomic E-state index is 12.7. The van der Waals surface area contributed by atoms with Gasteiger partial charge in [-0.1, -0.05) is 19.1 Å². The van der Waals surface area contributed by atoms with Crippen molar-refractivity contribution in [2.45, 2.75) is 25.7 Å². The molecule has 0 bridgehead atoms. The second-order valence-corrected chi connectivity index (χ2v) is 4.55. The molecule has 0 aliphatic carbocycles. The van der Waals surface area contributed by atoms with Gasteiger partial charge in [0.1, 0.15) is 5.82 Å². The molecule has 1 aromatic rings. The lowest BCUT2D eigenvalue weighted by atomic mass is 9.90. The Morgan fingerprint density at radius 2 is 2.13 bits per heavy atom. The molecule has 0 spiro atoms. The van der Waals surface area contributed by atoms with Crippen molar-refractivity contribution >= 4 is 0 Å². The summed E-state index contributed by atoms with van der Waals surface area (Å²) in [5, 5.41) is 3.38. The quantitative estimate of drug-likeness (QED) is 0.803. The van der Waals surface area contributed by atoms with Crippen LogP contribution in [0.1, 0.15) is 31.2 Å². The van der Waals surface area contributed by atoms with Crippen LogP contribution in [0.3, 0.4) is 0 Å². The van der Waals surface area contributed by atoms with Crippen LogP contribution in [0, 0.1) is 11.7 Å². The van der Waals surface area contributed by atoms with Crippen LogP contribution < -0.4 is 5.32 Å². The maximum Gasteiger partial charge on any atom is 0.123 e. The van der Waals surface area contributed by atoms with Crippen LogP contribution in [0.25, 0.3) is 0 Å². The molecule has 1 saturated heterocycles. The minimum atomic E-state index is -0.145. The Labute approximate surface area is 90.7 Å². The fourth-order valence-electron chi connectivity index (χ4n) is 2.34. The van der Waals surface area contributed by atoms with E-state index in [2.05, 4.69) is 12.2 Å². The molecule has 2 heteroatoms. The van der Waals surface area contributed by atoms with E-state index in [1.165, 1.54) is 18.4 Å². The summed E-state index contributed by atoms with van der Waals surface area (Å²) >= 11 is 0. The van der Waals surface area contributed by atoms with E-state index in [1.807, 2.05) is 12.1 Å². The highest BCUT2D eigenvalue weighted by Gasteiger charge is 2.18. The summed E-state index contributed by atoms with van der Waals surface area (Å²) in [5.41, 5.74) is 1.25. The Kier molecular flexibility index (Phi) is 3.37. The monoisotopic (exact) mass is 207 g/mol. The molecule has 2 rings (SSSR count). The third kappa shape index (κ3) is 2.78. The Morgan fingerprint density at radius 3 is 2.73 bits per heavy atom. The van der Waals surface area contributed by atoms with E-state index < -0.39 is 0 Å². The van der Waals surface area contributed by atoms with E-state index in [0.717, 1.165) is 19.0 Å². The van der Waals surface area contributed by atoms with Crippen LogP contribution in [0.15, 0.2) is 24.3 Å². The van der Waals surface area contributed by atoms with Gasteiger partial charge in [0, 0.05) is 0 Å². The van der Waals surface area contributed by atoms with Crippen molar-refractivity contribution in [3.05, 3.63) is 35.6 Å². The van der Waals surface area contributed by atoms with Crippen LogP contribution in [0.2, 0.25) is 0 Å². The van der Waals surface area contributed by atoms with Gasteiger partial charge in [-0.3, -0.25) is 0 Å². The van der Waals surface area contributed by atoms with Gasteiger partial charge in [0.25, 0.3) is 0 Å². The second-order valence-electron chi connectivity index (χ2n) is 4.55. The fraction of sp³-hybridized carbons (Fsp3) is 0.538. The third-order valence-electron chi connectivity index (χ3n) is 3.29. The third-order valence-corrected chi connectivity index (χ3v) is 3.29. The standard InChI is InChI=1S/C13H18FN/c1-10(8-11-6-7-15-9-11)12-2-4-13(14)5-3-12/h2-5,10-11,15H,6-9H2,1H3. The topological polar surface area (TPSA) is 12.0 Å². The highest BCUT2D eigenvalue weighted by atomic mass is 19.1. The summed E-state index contributed by atoms with van der Waals surface area (Å²) in [6, 6.07) is 6.92. The molecule has 1 fully saturated rings. The van der Waals surface area contributed by atoms with E-state index in [9.17, 15) is 4.39 Å². The minimum Gasteiger partial charge on any atom is -0.316 e. The molecule has 2 atom stereocenters. The molecule has 1 aromatic carbocycles.